The summed E-state index contributed by atoms with van der Waals surface area (Å²) in [6.07, 6.45) is 2.62. The van der Waals surface area contributed by atoms with Crippen LogP contribution in [0.5, 0.6) is 5.75 Å². The molecule has 1 amide bonds. The van der Waals surface area contributed by atoms with Gasteiger partial charge in [-0.15, -0.1) is 11.3 Å². The summed E-state index contributed by atoms with van der Waals surface area (Å²) in [5.41, 5.74) is 0.342. The van der Waals surface area contributed by atoms with Crippen LogP contribution in [0.4, 0.5) is 5.69 Å². The van der Waals surface area contributed by atoms with Crippen LogP contribution < -0.4 is 10.0 Å². The molecule has 0 aliphatic rings. The number of pyridine rings is 1. The number of anilines is 1. The van der Waals surface area contributed by atoms with Crippen molar-refractivity contribution >= 4 is 33.0 Å². The van der Waals surface area contributed by atoms with Crippen molar-refractivity contribution in [1.82, 2.24) is 9.71 Å². The molecule has 3 aromatic rings. The van der Waals surface area contributed by atoms with Crippen molar-refractivity contribution in [3.05, 3.63) is 70.7 Å². The lowest BCUT2D eigenvalue weighted by Crippen LogP contribution is -2.23. The molecule has 0 saturated heterocycles. The van der Waals surface area contributed by atoms with Crippen molar-refractivity contribution in [2.24, 2.45) is 0 Å². The maximum atomic E-state index is 12.4. The van der Waals surface area contributed by atoms with Gasteiger partial charge in [0.1, 0.15) is 0 Å². The summed E-state index contributed by atoms with van der Waals surface area (Å²) in [5, 5.41) is 14.0. The number of rotatable bonds is 6. The standard InChI is InChI=1S/C17H15N3O4S2/c21-16-11-18-7-6-15(16)20-17(22)12-3-1-5-14(9-12)26(23,24)19-10-13-4-2-8-25-13/h1-9,11,19,21H,10H2,(H,18,20,22). The average molecular weight is 389 g/mol. The normalized spacial score (nSPS) is 11.2. The molecule has 9 heteroatoms. The first kappa shape index (κ1) is 18.1. The second kappa shape index (κ2) is 7.65. The monoisotopic (exact) mass is 389 g/mol. The fourth-order valence-electron chi connectivity index (χ4n) is 2.15. The minimum atomic E-state index is -3.76. The summed E-state index contributed by atoms with van der Waals surface area (Å²) in [4.78, 5) is 16.9. The van der Waals surface area contributed by atoms with Gasteiger partial charge in [0.2, 0.25) is 10.0 Å². The van der Waals surface area contributed by atoms with Gasteiger partial charge < -0.3 is 10.4 Å². The lowest BCUT2D eigenvalue weighted by molar-refractivity contribution is 0.102. The molecule has 0 radical (unpaired) electrons. The number of nitrogens with zero attached hydrogens (tertiary/aromatic N) is 1. The lowest BCUT2D eigenvalue weighted by Gasteiger charge is -2.09. The molecule has 3 rings (SSSR count). The smallest absolute Gasteiger partial charge is 0.255 e. The van der Waals surface area contributed by atoms with Crippen molar-refractivity contribution in [2.45, 2.75) is 11.4 Å². The summed E-state index contributed by atoms with van der Waals surface area (Å²) in [7, 11) is -3.76. The van der Waals surface area contributed by atoms with Gasteiger partial charge in [0.05, 0.1) is 16.8 Å². The minimum absolute atomic E-state index is 0.0133. The number of sulfonamides is 1. The third-order valence-electron chi connectivity index (χ3n) is 3.47. The number of nitrogens with one attached hydrogen (secondary N) is 2. The molecular weight excluding hydrogens is 374 g/mol. The number of thiophene rings is 1. The van der Waals surface area contributed by atoms with Crippen molar-refractivity contribution < 1.29 is 18.3 Å². The molecule has 0 fully saturated rings. The van der Waals surface area contributed by atoms with Crippen molar-refractivity contribution in [1.29, 1.82) is 0 Å². The van der Waals surface area contributed by atoms with Gasteiger partial charge in [-0.05, 0) is 35.7 Å². The highest BCUT2D eigenvalue weighted by Gasteiger charge is 2.17. The van der Waals surface area contributed by atoms with E-state index in [1.165, 1.54) is 54.1 Å². The lowest BCUT2D eigenvalue weighted by atomic mass is 10.2. The molecule has 0 spiro atoms. The van der Waals surface area contributed by atoms with Gasteiger partial charge in [-0.1, -0.05) is 12.1 Å². The van der Waals surface area contributed by atoms with Crippen LogP contribution in [0.25, 0.3) is 0 Å². The molecule has 7 nitrogen and oxygen atoms in total. The summed E-state index contributed by atoms with van der Waals surface area (Å²) >= 11 is 1.45. The van der Waals surface area contributed by atoms with Crippen molar-refractivity contribution in [3.8, 4) is 5.75 Å². The van der Waals surface area contributed by atoms with Gasteiger partial charge in [0.15, 0.2) is 5.75 Å². The topological polar surface area (TPSA) is 108 Å². The molecule has 2 heterocycles. The molecule has 134 valence electrons. The van der Waals surface area contributed by atoms with E-state index in [1.54, 1.807) is 0 Å². The zero-order chi connectivity index (χ0) is 18.6. The third kappa shape index (κ3) is 4.26. The van der Waals surface area contributed by atoms with Gasteiger partial charge in [-0.25, -0.2) is 13.1 Å². The molecule has 0 saturated carbocycles. The SMILES string of the molecule is O=C(Nc1ccncc1O)c1cccc(S(=O)(=O)NCc2cccs2)c1. The molecule has 3 N–H and O–H groups in total. The van der Waals surface area contributed by atoms with Crippen LogP contribution in [0.15, 0.2) is 65.1 Å². The quantitative estimate of drug-likeness (QED) is 0.600. The Hall–Kier alpha value is -2.75. The highest BCUT2D eigenvalue weighted by molar-refractivity contribution is 7.89. The average Bonchev–Trinajstić information content (AvgIpc) is 3.16. The first-order valence-corrected chi connectivity index (χ1v) is 9.88. The predicted molar refractivity (Wildman–Crippen MR) is 98.6 cm³/mol. The van der Waals surface area contributed by atoms with E-state index in [1.807, 2.05) is 17.5 Å². The Bertz CT molecular complexity index is 1020. The number of carbonyl (C=O) groups is 1. The Morgan fingerprint density at radius 1 is 1.19 bits per heavy atom. The number of aromatic nitrogens is 1. The molecule has 2 aromatic heterocycles. The highest BCUT2D eigenvalue weighted by atomic mass is 32.2. The first-order valence-electron chi connectivity index (χ1n) is 7.52. The maximum absolute atomic E-state index is 12.4. The summed E-state index contributed by atoms with van der Waals surface area (Å²) in [6, 6.07) is 10.8. The maximum Gasteiger partial charge on any atom is 0.255 e. The van der Waals surface area contributed by atoms with E-state index in [2.05, 4.69) is 15.0 Å². The summed E-state index contributed by atoms with van der Waals surface area (Å²) in [6.45, 7) is 0.182. The summed E-state index contributed by atoms with van der Waals surface area (Å²) in [5.74, 6) is -0.718. The molecule has 26 heavy (non-hydrogen) atoms. The van der Waals surface area contributed by atoms with Crippen LogP contribution in [0, 0.1) is 0 Å². The van der Waals surface area contributed by atoms with E-state index in [0.29, 0.717) is 0 Å². The van der Waals surface area contributed by atoms with E-state index in [-0.39, 0.29) is 28.4 Å². The van der Waals surface area contributed by atoms with Gasteiger partial charge >= 0.3 is 0 Å². The van der Waals surface area contributed by atoms with E-state index in [0.717, 1.165) is 4.88 Å². The Morgan fingerprint density at radius 2 is 2.04 bits per heavy atom. The molecule has 1 aromatic carbocycles. The zero-order valence-electron chi connectivity index (χ0n) is 13.4. The Kier molecular flexibility index (Phi) is 5.31. The number of hydrogen-bond donors (Lipinski definition) is 3. The zero-order valence-corrected chi connectivity index (χ0v) is 15.0. The van der Waals surface area contributed by atoms with Gasteiger partial charge in [-0.3, -0.25) is 9.78 Å². The third-order valence-corrected chi connectivity index (χ3v) is 5.75. The van der Waals surface area contributed by atoms with Crippen LogP contribution in [-0.2, 0) is 16.6 Å². The van der Waals surface area contributed by atoms with Crippen LogP contribution >= 0.6 is 11.3 Å². The number of benzene rings is 1. The fraction of sp³-hybridized carbons (Fsp3) is 0.0588. The van der Waals surface area contributed by atoms with E-state index in [4.69, 9.17) is 0 Å². The largest absolute Gasteiger partial charge is 0.504 e. The number of amides is 1. The molecule has 0 aliphatic carbocycles. The Labute approximate surface area is 154 Å². The molecular formula is C17H15N3O4S2. The van der Waals surface area contributed by atoms with Crippen LogP contribution in [0.2, 0.25) is 0 Å². The fourth-order valence-corrected chi connectivity index (χ4v) is 3.94. The highest BCUT2D eigenvalue weighted by Crippen LogP contribution is 2.21. The first-order chi connectivity index (χ1) is 12.5. The Morgan fingerprint density at radius 3 is 2.77 bits per heavy atom. The van der Waals surface area contributed by atoms with Gasteiger partial charge in [-0.2, -0.15) is 0 Å². The number of aromatic hydroxyl groups is 1. The predicted octanol–water partition coefficient (Wildman–Crippen LogP) is 2.58. The van der Waals surface area contributed by atoms with Crippen molar-refractivity contribution in [3.63, 3.8) is 0 Å². The van der Waals surface area contributed by atoms with Crippen LogP contribution in [-0.4, -0.2) is 24.4 Å². The van der Waals surface area contributed by atoms with E-state index < -0.39 is 15.9 Å². The van der Waals surface area contributed by atoms with Crippen LogP contribution in [0.1, 0.15) is 15.2 Å². The molecule has 0 bridgehead atoms. The summed E-state index contributed by atoms with van der Waals surface area (Å²) < 4.78 is 27.4. The molecule has 0 aliphatic heterocycles. The second-order valence-corrected chi connectivity index (χ2v) is 8.08. The van der Waals surface area contributed by atoms with Crippen molar-refractivity contribution in [2.75, 3.05) is 5.32 Å². The second-order valence-electron chi connectivity index (χ2n) is 5.28. The van der Waals surface area contributed by atoms with E-state index >= 15 is 0 Å². The van der Waals surface area contributed by atoms with Gasteiger partial charge in [0.25, 0.3) is 5.91 Å². The number of carbonyl (C=O) groups excluding carboxylic acids is 1. The van der Waals surface area contributed by atoms with E-state index in [9.17, 15) is 18.3 Å². The number of hydrogen-bond acceptors (Lipinski definition) is 6. The molecule has 0 unspecified atom stereocenters. The van der Waals surface area contributed by atoms with Crippen LogP contribution in [0.3, 0.4) is 0 Å². The molecule has 0 atom stereocenters. The Balaban J connectivity index is 1.76. The van der Waals surface area contributed by atoms with Gasteiger partial charge in [0, 0.05) is 23.2 Å². The minimum Gasteiger partial charge on any atom is -0.504 e.